The fraction of sp³-hybridized carbons (Fsp3) is 0.688. The minimum Gasteiger partial charge on any atom is -0.370 e. The van der Waals surface area contributed by atoms with Gasteiger partial charge in [0.1, 0.15) is 4.21 Å². The molecule has 24 heavy (non-hydrogen) atoms. The summed E-state index contributed by atoms with van der Waals surface area (Å²) in [5.41, 5.74) is 6.14. The van der Waals surface area contributed by atoms with Crippen molar-refractivity contribution in [1.82, 2.24) is 9.21 Å². The first-order chi connectivity index (χ1) is 11.6. The number of likely N-dealkylation sites (tertiary alicyclic amines) is 1. The van der Waals surface area contributed by atoms with E-state index >= 15 is 0 Å². The minimum absolute atomic E-state index is 0.255. The van der Waals surface area contributed by atoms with Gasteiger partial charge in [-0.2, -0.15) is 4.31 Å². The first-order valence-electron chi connectivity index (χ1n) is 8.66. The summed E-state index contributed by atoms with van der Waals surface area (Å²) in [5, 5.41) is 1.80. The van der Waals surface area contributed by atoms with Crippen molar-refractivity contribution < 1.29 is 8.42 Å². The van der Waals surface area contributed by atoms with Crippen LogP contribution in [0.2, 0.25) is 0 Å². The Morgan fingerprint density at radius 2 is 2.00 bits per heavy atom. The molecule has 6 nitrogen and oxygen atoms in total. The van der Waals surface area contributed by atoms with Gasteiger partial charge in [0.15, 0.2) is 5.96 Å². The number of rotatable bonds is 4. The van der Waals surface area contributed by atoms with E-state index in [1.165, 1.54) is 37.0 Å². The van der Waals surface area contributed by atoms with Crippen LogP contribution in [0.1, 0.15) is 32.1 Å². The van der Waals surface area contributed by atoms with Crippen molar-refractivity contribution in [2.75, 3.05) is 32.7 Å². The van der Waals surface area contributed by atoms with Crippen LogP contribution in [0.4, 0.5) is 0 Å². The van der Waals surface area contributed by atoms with Gasteiger partial charge in [-0.15, -0.1) is 11.3 Å². The predicted octanol–water partition coefficient (Wildman–Crippen LogP) is 1.95. The van der Waals surface area contributed by atoms with Crippen molar-refractivity contribution in [2.24, 2.45) is 16.6 Å². The molecule has 2 aliphatic heterocycles. The highest BCUT2D eigenvalue weighted by Crippen LogP contribution is 2.27. The van der Waals surface area contributed by atoms with Gasteiger partial charge in [-0.3, -0.25) is 4.99 Å². The van der Waals surface area contributed by atoms with Crippen LogP contribution in [0, 0.1) is 5.92 Å². The molecule has 0 bridgehead atoms. The third-order valence-electron chi connectivity index (χ3n) is 4.78. The molecular formula is C16H26N4O2S2. The summed E-state index contributed by atoms with van der Waals surface area (Å²) in [6, 6.07) is 3.44. The second kappa shape index (κ2) is 7.84. The Balaban J connectivity index is 1.55. The maximum atomic E-state index is 12.5. The molecule has 2 fully saturated rings. The fourth-order valence-electron chi connectivity index (χ4n) is 3.32. The van der Waals surface area contributed by atoms with Crippen molar-refractivity contribution >= 4 is 27.3 Å². The number of sulfonamides is 1. The lowest BCUT2D eigenvalue weighted by atomic mass is 10.1. The van der Waals surface area contributed by atoms with Crippen LogP contribution in [0.3, 0.4) is 0 Å². The van der Waals surface area contributed by atoms with Crippen molar-refractivity contribution in [1.29, 1.82) is 0 Å². The van der Waals surface area contributed by atoms with E-state index in [1.54, 1.807) is 21.8 Å². The maximum absolute atomic E-state index is 12.5. The molecule has 0 amide bonds. The molecule has 134 valence electrons. The summed E-state index contributed by atoms with van der Waals surface area (Å²) in [4.78, 5) is 6.72. The molecule has 2 N–H and O–H groups in total. The van der Waals surface area contributed by atoms with Gasteiger partial charge in [0, 0.05) is 32.7 Å². The number of nitrogens with two attached hydrogens (primary N) is 1. The van der Waals surface area contributed by atoms with Gasteiger partial charge in [-0.25, -0.2) is 8.42 Å². The molecule has 0 aromatic carbocycles. The molecule has 0 saturated carbocycles. The zero-order valence-electron chi connectivity index (χ0n) is 13.9. The van der Waals surface area contributed by atoms with Gasteiger partial charge in [0.05, 0.1) is 0 Å². The number of nitrogens with zero attached hydrogens (tertiary/aromatic N) is 3. The maximum Gasteiger partial charge on any atom is 0.252 e. The summed E-state index contributed by atoms with van der Waals surface area (Å²) >= 11 is 1.27. The third-order valence-corrected chi connectivity index (χ3v) is 8.02. The molecule has 0 aliphatic carbocycles. The van der Waals surface area contributed by atoms with Crippen LogP contribution < -0.4 is 5.73 Å². The first kappa shape index (κ1) is 17.7. The quantitative estimate of drug-likeness (QED) is 0.649. The number of hydrogen-bond donors (Lipinski definition) is 1. The van der Waals surface area contributed by atoms with E-state index in [1.807, 2.05) is 0 Å². The van der Waals surface area contributed by atoms with Crippen molar-refractivity contribution in [3.8, 4) is 0 Å². The highest BCUT2D eigenvalue weighted by molar-refractivity contribution is 7.91. The average molecular weight is 371 g/mol. The predicted molar refractivity (Wildman–Crippen MR) is 97.7 cm³/mol. The molecule has 0 radical (unpaired) electrons. The Morgan fingerprint density at radius 1 is 1.25 bits per heavy atom. The van der Waals surface area contributed by atoms with Gasteiger partial charge < -0.3 is 10.6 Å². The van der Waals surface area contributed by atoms with Gasteiger partial charge in [0.25, 0.3) is 10.0 Å². The van der Waals surface area contributed by atoms with E-state index < -0.39 is 10.0 Å². The van der Waals surface area contributed by atoms with E-state index in [2.05, 4.69) is 9.89 Å². The first-order valence-corrected chi connectivity index (χ1v) is 11.0. The van der Waals surface area contributed by atoms with E-state index in [0.29, 0.717) is 29.8 Å². The second-order valence-corrected chi connectivity index (χ2v) is 9.66. The molecular weight excluding hydrogens is 344 g/mol. The summed E-state index contributed by atoms with van der Waals surface area (Å²) in [6.45, 7) is 3.69. The molecule has 8 heteroatoms. The summed E-state index contributed by atoms with van der Waals surface area (Å²) in [6.07, 6.45) is 5.73. The Morgan fingerprint density at radius 3 is 2.67 bits per heavy atom. The molecule has 3 rings (SSSR count). The SMILES string of the molecule is NC(=NCC1CCN(S(=O)(=O)c2cccs2)C1)N1CCCCCC1. The number of thiophene rings is 1. The number of guanidine groups is 1. The minimum atomic E-state index is -3.33. The Bertz CT molecular complexity index is 650. The van der Waals surface area contributed by atoms with Crippen LogP contribution >= 0.6 is 11.3 Å². The van der Waals surface area contributed by atoms with Crippen LogP contribution in [0.25, 0.3) is 0 Å². The zero-order valence-corrected chi connectivity index (χ0v) is 15.6. The van der Waals surface area contributed by atoms with E-state index in [9.17, 15) is 8.42 Å². The molecule has 2 aliphatic rings. The lowest BCUT2D eigenvalue weighted by Crippen LogP contribution is -2.38. The summed E-state index contributed by atoms with van der Waals surface area (Å²) in [5.74, 6) is 0.877. The Labute approximate surface area is 148 Å². The van der Waals surface area contributed by atoms with Crippen LogP contribution in [-0.4, -0.2) is 56.3 Å². The van der Waals surface area contributed by atoms with Crippen LogP contribution in [0.5, 0.6) is 0 Å². The van der Waals surface area contributed by atoms with Gasteiger partial charge >= 0.3 is 0 Å². The van der Waals surface area contributed by atoms with Crippen LogP contribution in [0.15, 0.2) is 26.7 Å². The zero-order chi connectivity index (χ0) is 17.0. The molecule has 3 heterocycles. The summed E-state index contributed by atoms with van der Waals surface area (Å²) < 4.78 is 27.1. The molecule has 1 atom stereocenters. The molecule has 1 unspecified atom stereocenters. The lowest BCUT2D eigenvalue weighted by Gasteiger charge is -2.21. The lowest BCUT2D eigenvalue weighted by molar-refractivity contribution is 0.424. The Hall–Kier alpha value is -1.12. The highest BCUT2D eigenvalue weighted by Gasteiger charge is 2.33. The van der Waals surface area contributed by atoms with Gasteiger partial charge in [0.2, 0.25) is 0 Å². The standard InChI is InChI=1S/C16H26N4O2S2/c17-16(19-8-3-1-2-4-9-19)18-12-14-7-10-20(13-14)24(21,22)15-6-5-11-23-15/h5-6,11,14H,1-4,7-10,12-13H2,(H2,17,18). The topological polar surface area (TPSA) is 79.0 Å². The largest absolute Gasteiger partial charge is 0.370 e. The monoisotopic (exact) mass is 370 g/mol. The van der Waals surface area contributed by atoms with E-state index in [-0.39, 0.29) is 5.92 Å². The normalized spacial score (nSPS) is 24.2. The van der Waals surface area contributed by atoms with Crippen molar-refractivity contribution in [2.45, 2.75) is 36.3 Å². The molecule has 2 saturated heterocycles. The van der Waals surface area contributed by atoms with Gasteiger partial charge in [-0.05, 0) is 36.6 Å². The number of hydrogen-bond acceptors (Lipinski definition) is 4. The van der Waals surface area contributed by atoms with Crippen molar-refractivity contribution in [3.63, 3.8) is 0 Å². The van der Waals surface area contributed by atoms with E-state index in [4.69, 9.17) is 5.73 Å². The van der Waals surface area contributed by atoms with Gasteiger partial charge in [-0.1, -0.05) is 18.9 Å². The van der Waals surface area contributed by atoms with Crippen LogP contribution in [-0.2, 0) is 10.0 Å². The molecule has 0 spiro atoms. The van der Waals surface area contributed by atoms with E-state index in [0.717, 1.165) is 19.5 Å². The summed E-state index contributed by atoms with van der Waals surface area (Å²) in [7, 11) is -3.33. The second-order valence-electron chi connectivity index (χ2n) is 6.55. The fourth-order valence-corrected chi connectivity index (χ4v) is 6.00. The third kappa shape index (κ3) is 4.10. The molecule has 1 aromatic rings. The highest BCUT2D eigenvalue weighted by atomic mass is 32.2. The average Bonchev–Trinajstić information content (AvgIpc) is 3.20. The smallest absolute Gasteiger partial charge is 0.252 e. The molecule has 1 aromatic heterocycles. The Kier molecular flexibility index (Phi) is 5.78. The number of aliphatic imine (C=N–C) groups is 1. The van der Waals surface area contributed by atoms with Crippen molar-refractivity contribution in [3.05, 3.63) is 17.5 Å².